The lowest BCUT2D eigenvalue weighted by Gasteiger charge is -2.19. The van der Waals surface area contributed by atoms with E-state index in [4.69, 9.17) is 4.42 Å². The van der Waals surface area contributed by atoms with Crippen molar-refractivity contribution >= 4 is 17.8 Å². The van der Waals surface area contributed by atoms with Gasteiger partial charge in [-0.15, -0.1) is 0 Å². The van der Waals surface area contributed by atoms with Crippen LogP contribution in [0, 0.1) is 0 Å². The Morgan fingerprint density at radius 2 is 2.38 bits per heavy atom. The zero-order chi connectivity index (χ0) is 15.2. The molecular weight excluding hydrogens is 288 g/mol. The molecule has 0 bridgehead atoms. The number of furan rings is 1. The maximum Gasteiger partial charge on any atom is 0.315 e. The molecule has 1 saturated carbocycles. The molecule has 118 valence electrons. The van der Waals surface area contributed by atoms with Crippen LogP contribution >= 0.6 is 11.8 Å². The van der Waals surface area contributed by atoms with Crippen LogP contribution in [0.2, 0.25) is 0 Å². The molecular formula is C15H24N2O3S. The largest absolute Gasteiger partial charge is 0.467 e. The summed E-state index contributed by atoms with van der Waals surface area (Å²) >= 11 is 1.87. The van der Waals surface area contributed by atoms with E-state index in [1.165, 1.54) is 12.7 Å². The monoisotopic (exact) mass is 312 g/mol. The molecule has 6 heteroatoms. The van der Waals surface area contributed by atoms with Crippen LogP contribution < -0.4 is 10.6 Å². The molecule has 1 aliphatic rings. The first-order chi connectivity index (χ1) is 10.1. The van der Waals surface area contributed by atoms with E-state index in [1.807, 2.05) is 18.7 Å². The van der Waals surface area contributed by atoms with Crippen LogP contribution in [0.3, 0.4) is 0 Å². The normalized spacial score (nSPS) is 24.5. The van der Waals surface area contributed by atoms with Crippen molar-refractivity contribution in [2.45, 2.75) is 56.0 Å². The second kappa shape index (κ2) is 7.75. The van der Waals surface area contributed by atoms with Crippen molar-refractivity contribution in [1.82, 2.24) is 10.6 Å². The third kappa shape index (κ3) is 4.97. The summed E-state index contributed by atoms with van der Waals surface area (Å²) in [5.41, 5.74) is 0. The molecule has 5 nitrogen and oxygen atoms in total. The number of amides is 2. The van der Waals surface area contributed by atoms with E-state index in [-0.39, 0.29) is 18.1 Å². The molecule has 1 fully saturated rings. The molecule has 1 aromatic heterocycles. The minimum Gasteiger partial charge on any atom is -0.467 e. The number of aliphatic hydroxyl groups is 1. The number of hydrogen-bond donors (Lipinski definition) is 3. The first-order valence-corrected chi connectivity index (χ1v) is 8.68. The number of hydrogen-bond acceptors (Lipinski definition) is 4. The Morgan fingerprint density at radius 1 is 1.57 bits per heavy atom. The summed E-state index contributed by atoms with van der Waals surface area (Å²) in [6.07, 6.45) is 6.64. The Morgan fingerprint density at radius 3 is 3.00 bits per heavy atom. The highest BCUT2D eigenvalue weighted by Crippen LogP contribution is 2.28. The quantitative estimate of drug-likeness (QED) is 0.755. The Balaban J connectivity index is 1.70. The number of aliphatic hydroxyl groups excluding tert-OH is 1. The minimum absolute atomic E-state index is 0.122. The second-order valence-corrected chi connectivity index (χ2v) is 6.79. The molecule has 0 aromatic carbocycles. The number of urea groups is 1. The van der Waals surface area contributed by atoms with E-state index in [0.717, 1.165) is 12.8 Å². The van der Waals surface area contributed by atoms with Crippen molar-refractivity contribution in [3.63, 3.8) is 0 Å². The van der Waals surface area contributed by atoms with Crippen LogP contribution in [0.4, 0.5) is 4.79 Å². The van der Waals surface area contributed by atoms with Gasteiger partial charge < -0.3 is 20.2 Å². The van der Waals surface area contributed by atoms with Gasteiger partial charge in [-0.2, -0.15) is 11.8 Å². The van der Waals surface area contributed by atoms with Gasteiger partial charge in [0.15, 0.2) is 0 Å². The second-order valence-electron chi connectivity index (χ2n) is 5.65. The highest BCUT2D eigenvalue weighted by Gasteiger charge is 2.25. The predicted molar refractivity (Wildman–Crippen MR) is 84.4 cm³/mol. The maximum atomic E-state index is 11.9. The standard InChI is InChI=1S/C15H24N2O3S/c1-10(8-13(18)14-4-3-7-20-14)16-15(19)17-11-5-6-12(9-11)21-2/h3-4,7,10-13,18H,5-6,8-9H2,1-2H3,(H2,16,17,19)/t10-,11-,12+,13-/m0/s1. The van der Waals surface area contributed by atoms with Gasteiger partial charge in [-0.05, 0) is 44.6 Å². The molecule has 0 aliphatic heterocycles. The third-order valence-corrected chi connectivity index (χ3v) is 4.97. The predicted octanol–water partition coefficient (Wildman–Crippen LogP) is 2.67. The van der Waals surface area contributed by atoms with Crippen molar-refractivity contribution in [2.24, 2.45) is 0 Å². The van der Waals surface area contributed by atoms with Crippen molar-refractivity contribution < 1.29 is 14.3 Å². The van der Waals surface area contributed by atoms with Gasteiger partial charge in [-0.3, -0.25) is 0 Å². The lowest BCUT2D eigenvalue weighted by atomic mass is 10.1. The number of nitrogens with one attached hydrogen (secondary N) is 2. The van der Waals surface area contributed by atoms with E-state index in [2.05, 4.69) is 16.9 Å². The first kappa shape index (κ1) is 16.2. The number of carbonyl (C=O) groups is 1. The van der Waals surface area contributed by atoms with Gasteiger partial charge in [0, 0.05) is 23.8 Å². The lowest BCUT2D eigenvalue weighted by molar-refractivity contribution is 0.129. The van der Waals surface area contributed by atoms with Crippen LogP contribution in [0.25, 0.3) is 0 Å². The highest BCUT2D eigenvalue weighted by molar-refractivity contribution is 7.99. The summed E-state index contributed by atoms with van der Waals surface area (Å²) in [5, 5.41) is 16.5. The molecule has 0 spiro atoms. The highest BCUT2D eigenvalue weighted by atomic mass is 32.2. The van der Waals surface area contributed by atoms with Crippen molar-refractivity contribution in [3.05, 3.63) is 24.2 Å². The SMILES string of the molecule is CS[C@@H]1CC[C@H](NC(=O)N[C@@H](C)C[C@H](O)c2ccco2)C1. The van der Waals surface area contributed by atoms with Gasteiger partial charge in [0.05, 0.1) is 6.26 Å². The molecule has 1 heterocycles. The van der Waals surface area contributed by atoms with Crippen LogP contribution in [-0.2, 0) is 0 Å². The average molecular weight is 312 g/mol. The number of rotatable bonds is 6. The molecule has 3 N–H and O–H groups in total. The fourth-order valence-electron chi connectivity index (χ4n) is 2.73. The zero-order valence-electron chi connectivity index (χ0n) is 12.5. The Bertz CT molecular complexity index is 438. The van der Waals surface area contributed by atoms with Gasteiger partial charge in [-0.25, -0.2) is 4.79 Å². The summed E-state index contributed by atoms with van der Waals surface area (Å²) in [6, 6.07) is 3.47. The van der Waals surface area contributed by atoms with Crippen LogP contribution in [0.5, 0.6) is 0 Å². The smallest absolute Gasteiger partial charge is 0.315 e. The van der Waals surface area contributed by atoms with Crippen molar-refractivity contribution in [1.29, 1.82) is 0 Å². The van der Waals surface area contributed by atoms with Gasteiger partial charge in [-0.1, -0.05) is 0 Å². The summed E-state index contributed by atoms with van der Waals surface area (Å²) in [5.74, 6) is 0.530. The molecule has 0 saturated heterocycles. The van der Waals surface area contributed by atoms with Gasteiger partial charge in [0.1, 0.15) is 11.9 Å². The number of thioether (sulfide) groups is 1. The molecule has 2 amide bonds. The maximum absolute atomic E-state index is 11.9. The molecule has 0 unspecified atom stereocenters. The topological polar surface area (TPSA) is 74.5 Å². The van der Waals surface area contributed by atoms with Crippen molar-refractivity contribution in [3.8, 4) is 0 Å². The van der Waals surface area contributed by atoms with E-state index in [1.54, 1.807) is 12.1 Å². The fourth-order valence-corrected chi connectivity index (χ4v) is 3.52. The fraction of sp³-hybridized carbons (Fsp3) is 0.667. The van der Waals surface area contributed by atoms with Crippen molar-refractivity contribution in [2.75, 3.05) is 6.26 Å². The number of carbonyl (C=O) groups excluding carboxylic acids is 1. The first-order valence-electron chi connectivity index (χ1n) is 7.39. The van der Waals surface area contributed by atoms with Gasteiger partial charge in [0.25, 0.3) is 0 Å². The minimum atomic E-state index is -0.692. The average Bonchev–Trinajstić information content (AvgIpc) is 3.08. The van der Waals surface area contributed by atoms with Crippen LogP contribution in [-0.4, -0.2) is 34.7 Å². The summed E-state index contributed by atoms with van der Waals surface area (Å²) in [7, 11) is 0. The molecule has 2 rings (SSSR count). The summed E-state index contributed by atoms with van der Waals surface area (Å²) in [6.45, 7) is 1.88. The molecule has 21 heavy (non-hydrogen) atoms. The Hall–Kier alpha value is -1.14. The Kier molecular flexibility index (Phi) is 5.99. The van der Waals surface area contributed by atoms with Crippen LogP contribution in [0.1, 0.15) is 44.5 Å². The van der Waals surface area contributed by atoms with Gasteiger partial charge in [0.2, 0.25) is 0 Å². The van der Waals surface area contributed by atoms with E-state index >= 15 is 0 Å². The Labute approximate surface area is 129 Å². The van der Waals surface area contributed by atoms with E-state index in [9.17, 15) is 9.90 Å². The molecule has 1 aliphatic carbocycles. The van der Waals surface area contributed by atoms with E-state index in [0.29, 0.717) is 17.4 Å². The molecule has 4 atom stereocenters. The summed E-state index contributed by atoms with van der Waals surface area (Å²) < 4.78 is 5.15. The van der Waals surface area contributed by atoms with Crippen LogP contribution in [0.15, 0.2) is 22.8 Å². The zero-order valence-corrected chi connectivity index (χ0v) is 13.4. The third-order valence-electron chi connectivity index (χ3n) is 3.88. The van der Waals surface area contributed by atoms with E-state index < -0.39 is 6.10 Å². The molecule has 0 radical (unpaired) electrons. The lowest BCUT2D eigenvalue weighted by Crippen LogP contribution is -2.45. The van der Waals surface area contributed by atoms with Gasteiger partial charge >= 0.3 is 6.03 Å². The summed E-state index contributed by atoms with van der Waals surface area (Å²) in [4.78, 5) is 11.9. The molecule has 1 aromatic rings.